The summed E-state index contributed by atoms with van der Waals surface area (Å²) < 4.78 is 0. The normalized spacial score (nSPS) is 39.5. The summed E-state index contributed by atoms with van der Waals surface area (Å²) in [5, 5.41) is 0. The van der Waals surface area contributed by atoms with Gasteiger partial charge in [-0.2, -0.15) is 0 Å². The van der Waals surface area contributed by atoms with Gasteiger partial charge < -0.3 is 5.73 Å². The molecule has 2 aliphatic rings. The van der Waals surface area contributed by atoms with Crippen LogP contribution in [0.2, 0.25) is 0 Å². The van der Waals surface area contributed by atoms with Gasteiger partial charge in [0.25, 0.3) is 0 Å². The van der Waals surface area contributed by atoms with Crippen LogP contribution in [0.25, 0.3) is 0 Å². The lowest BCUT2D eigenvalue weighted by Crippen LogP contribution is -2.11. The molecule has 0 radical (unpaired) electrons. The Hall–Kier alpha value is -0.560. The van der Waals surface area contributed by atoms with Crippen molar-refractivity contribution < 1.29 is 0 Å². The van der Waals surface area contributed by atoms with Crippen molar-refractivity contribution in [3.05, 3.63) is 23.8 Å². The minimum Gasteiger partial charge on any atom is -0.327 e. The highest BCUT2D eigenvalue weighted by Crippen LogP contribution is 2.47. The summed E-state index contributed by atoms with van der Waals surface area (Å²) in [6, 6.07) is 0. The van der Waals surface area contributed by atoms with Crippen LogP contribution in [0.5, 0.6) is 0 Å². The third kappa shape index (κ3) is 1.46. The zero-order valence-electron chi connectivity index (χ0n) is 7.66. The molecule has 3 unspecified atom stereocenters. The van der Waals surface area contributed by atoms with E-state index in [2.05, 4.69) is 25.2 Å². The highest BCUT2D eigenvalue weighted by molar-refractivity contribution is 5.22. The molecule has 0 aromatic rings. The molecule has 1 nitrogen and oxygen atoms in total. The smallest absolute Gasteiger partial charge is 0.0140 e. The van der Waals surface area contributed by atoms with E-state index in [1.54, 1.807) is 0 Å². The molecule has 12 heavy (non-hydrogen) atoms. The first-order valence-electron chi connectivity index (χ1n) is 4.87. The average Bonchev–Trinajstić information content (AvgIpc) is 2.83. The molecule has 0 saturated heterocycles. The molecular formula is C11H17N. The van der Waals surface area contributed by atoms with Gasteiger partial charge in [0, 0.05) is 6.54 Å². The van der Waals surface area contributed by atoms with Crippen LogP contribution in [0.15, 0.2) is 23.8 Å². The summed E-state index contributed by atoms with van der Waals surface area (Å²) in [4.78, 5) is 0. The summed E-state index contributed by atoms with van der Waals surface area (Å²) in [7, 11) is 0. The molecule has 0 heterocycles. The van der Waals surface area contributed by atoms with Gasteiger partial charge in [0.05, 0.1) is 0 Å². The largest absolute Gasteiger partial charge is 0.327 e. The molecule has 0 amide bonds. The molecule has 3 atom stereocenters. The zero-order chi connectivity index (χ0) is 8.55. The van der Waals surface area contributed by atoms with Gasteiger partial charge >= 0.3 is 0 Å². The van der Waals surface area contributed by atoms with Crippen molar-refractivity contribution in [2.24, 2.45) is 23.5 Å². The molecule has 1 heteroatoms. The summed E-state index contributed by atoms with van der Waals surface area (Å²) in [5.74, 6) is 2.71. The molecule has 1 saturated carbocycles. The lowest BCUT2D eigenvalue weighted by molar-refractivity contribution is 0.524. The number of rotatable bonds is 2. The van der Waals surface area contributed by atoms with Crippen LogP contribution in [-0.4, -0.2) is 6.54 Å². The molecule has 0 aromatic carbocycles. The molecule has 2 N–H and O–H groups in total. The molecule has 1 fully saturated rings. The van der Waals surface area contributed by atoms with Gasteiger partial charge in [-0.3, -0.25) is 0 Å². The number of hydrogen-bond acceptors (Lipinski definition) is 1. The summed E-state index contributed by atoms with van der Waals surface area (Å²) in [6.45, 7) is 3.08. The van der Waals surface area contributed by atoms with Gasteiger partial charge in [-0.1, -0.05) is 30.7 Å². The SMILES string of the molecule is CC1CC1C1C=CC=C(CN)C1. The van der Waals surface area contributed by atoms with Crippen molar-refractivity contribution in [1.82, 2.24) is 0 Å². The van der Waals surface area contributed by atoms with E-state index in [1.165, 1.54) is 18.4 Å². The quantitative estimate of drug-likeness (QED) is 0.663. The summed E-state index contributed by atoms with van der Waals surface area (Å²) in [5.41, 5.74) is 7.04. The summed E-state index contributed by atoms with van der Waals surface area (Å²) in [6.07, 6.45) is 9.34. The molecule has 2 aliphatic carbocycles. The Bertz CT molecular complexity index is 227. The Morgan fingerprint density at radius 3 is 2.92 bits per heavy atom. The highest BCUT2D eigenvalue weighted by Gasteiger charge is 2.38. The maximum atomic E-state index is 5.62. The Morgan fingerprint density at radius 1 is 1.58 bits per heavy atom. The van der Waals surface area contributed by atoms with Crippen molar-refractivity contribution in [2.45, 2.75) is 19.8 Å². The first-order valence-corrected chi connectivity index (χ1v) is 4.87. The molecule has 0 bridgehead atoms. The number of allylic oxidation sites excluding steroid dienone is 3. The lowest BCUT2D eigenvalue weighted by atomic mass is 9.90. The second-order valence-corrected chi connectivity index (χ2v) is 4.16. The van der Waals surface area contributed by atoms with Crippen LogP contribution in [0.1, 0.15) is 19.8 Å². The van der Waals surface area contributed by atoms with E-state index in [-0.39, 0.29) is 0 Å². The van der Waals surface area contributed by atoms with Crippen LogP contribution in [0.4, 0.5) is 0 Å². The van der Waals surface area contributed by atoms with E-state index >= 15 is 0 Å². The average molecular weight is 163 g/mol. The van der Waals surface area contributed by atoms with Gasteiger partial charge in [-0.25, -0.2) is 0 Å². The second-order valence-electron chi connectivity index (χ2n) is 4.16. The van der Waals surface area contributed by atoms with E-state index in [9.17, 15) is 0 Å². The topological polar surface area (TPSA) is 26.0 Å². The van der Waals surface area contributed by atoms with Gasteiger partial charge in [0.1, 0.15) is 0 Å². The van der Waals surface area contributed by atoms with Crippen LogP contribution >= 0.6 is 0 Å². The van der Waals surface area contributed by atoms with Crippen LogP contribution in [0.3, 0.4) is 0 Å². The van der Waals surface area contributed by atoms with Gasteiger partial charge in [-0.15, -0.1) is 0 Å². The van der Waals surface area contributed by atoms with Gasteiger partial charge in [0.2, 0.25) is 0 Å². The maximum absolute atomic E-state index is 5.62. The monoisotopic (exact) mass is 163 g/mol. The third-order valence-electron chi connectivity index (χ3n) is 3.17. The lowest BCUT2D eigenvalue weighted by Gasteiger charge is -2.17. The molecule has 0 spiro atoms. The van der Waals surface area contributed by atoms with Gasteiger partial charge in [0.15, 0.2) is 0 Å². The van der Waals surface area contributed by atoms with E-state index in [1.807, 2.05) is 0 Å². The second kappa shape index (κ2) is 3.06. The van der Waals surface area contributed by atoms with Gasteiger partial charge in [-0.05, 0) is 30.6 Å². The molecule has 0 aliphatic heterocycles. The molecular weight excluding hydrogens is 146 g/mol. The Labute approximate surface area is 74.3 Å². The van der Waals surface area contributed by atoms with E-state index in [0.717, 1.165) is 24.3 Å². The fraction of sp³-hybridized carbons (Fsp3) is 0.636. The van der Waals surface area contributed by atoms with Crippen molar-refractivity contribution >= 4 is 0 Å². The molecule has 0 aromatic heterocycles. The van der Waals surface area contributed by atoms with Crippen molar-refractivity contribution in [3.63, 3.8) is 0 Å². The highest BCUT2D eigenvalue weighted by atomic mass is 14.5. The Balaban J connectivity index is 1.96. The van der Waals surface area contributed by atoms with Crippen molar-refractivity contribution in [1.29, 1.82) is 0 Å². The first kappa shape index (κ1) is 8.06. The maximum Gasteiger partial charge on any atom is 0.0140 e. The zero-order valence-corrected chi connectivity index (χ0v) is 7.66. The fourth-order valence-electron chi connectivity index (χ4n) is 2.17. The Kier molecular flexibility index (Phi) is 2.05. The predicted molar refractivity (Wildman–Crippen MR) is 51.7 cm³/mol. The Morgan fingerprint density at radius 2 is 2.33 bits per heavy atom. The van der Waals surface area contributed by atoms with Crippen molar-refractivity contribution in [3.8, 4) is 0 Å². The van der Waals surface area contributed by atoms with E-state index < -0.39 is 0 Å². The standard InChI is InChI=1S/C11H17N/c1-8-5-11(8)10-4-2-3-9(6-10)7-12/h2-4,8,10-11H,5-7,12H2,1H3. The predicted octanol–water partition coefficient (Wildman–Crippen LogP) is 2.10. The third-order valence-corrected chi connectivity index (χ3v) is 3.17. The molecule has 66 valence electrons. The minimum absolute atomic E-state index is 0.738. The van der Waals surface area contributed by atoms with Crippen LogP contribution < -0.4 is 5.73 Å². The minimum atomic E-state index is 0.738. The first-order chi connectivity index (χ1) is 5.81. The summed E-state index contributed by atoms with van der Waals surface area (Å²) >= 11 is 0. The number of hydrogen-bond donors (Lipinski definition) is 1. The molecule has 2 rings (SSSR count). The fourth-order valence-corrected chi connectivity index (χ4v) is 2.17. The van der Waals surface area contributed by atoms with E-state index in [0.29, 0.717) is 0 Å². The van der Waals surface area contributed by atoms with Crippen LogP contribution in [0, 0.1) is 17.8 Å². The van der Waals surface area contributed by atoms with E-state index in [4.69, 9.17) is 5.73 Å². The number of nitrogens with two attached hydrogens (primary N) is 1. The van der Waals surface area contributed by atoms with Crippen LogP contribution in [-0.2, 0) is 0 Å². The van der Waals surface area contributed by atoms with Crippen molar-refractivity contribution in [2.75, 3.05) is 6.54 Å².